The zero-order valence-electron chi connectivity index (χ0n) is 11.6. The lowest BCUT2D eigenvalue weighted by atomic mass is 10.1. The lowest BCUT2D eigenvalue weighted by Crippen LogP contribution is -2.33. The van der Waals surface area contributed by atoms with Gasteiger partial charge in [-0.1, -0.05) is 32.0 Å². The second-order valence-corrected chi connectivity index (χ2v) is 7.06. The van der Waals surface area contributed by atoms with Gasteiger partial charge in [0.25, 0.3) is 0 Å². The molecule has 0 saturated carbocycles. The molecule has 1 amide bonds. The van der Waals surface area contributed by atoms with Gasteiger partial charge in [-0.05, 0) is 17.5 Å². The monoisotopic (exact) mass is 294 g/mol. The van der Waals surface area contributed by atoms with Crippen molar-refractivity contribution in [3.63, 3.8) is 0 Å². The molecule has 5 nitrogen and oxygen atoms in total. The summed E-state index contributed by atoms with van der Waals surface area (Å²) in [5.74, 6) is -1.10. The smallest absolute Gasteiger partial charge is 0.235 e. The highest BCUT2D eigenvalue weighted by atomic mass is 32.2. The molecule has 6 heteroatoms. The van der Waals surface area contributed by atoms with Crippen molar-refractivity contribution in [3.8, 4) is 6.07 Å². The standard InChI is InChI=1S/C14H18N2O3S/c1-11(2)8-16-14(17)10-20(18,19)9-13-6-4-3-5-12(13)7-15/h3-6,11H,8-10H2,1-2H3,(H,16,17). The second-order valence-electron chi connectivity index (χ2n) is 5.00. The molecule has 1 N–H and O–H groups in total. The Morgan fingerprint density at radius 2 is 2.00 bits per heavy atom. The molecule has 0 spiro atoms. The van der Waals surface area contributed by atoms with E-state index in [0.717, 1.165) is 0 Å². The molecule has 20 heavy (non-hydrogen) atoms. The third kappa shape index (κ3) is 5.41. The number of benzene rings is 1. The largest absolute Gasteiger partial charge is 0.355 e. The van der Waals surface area contributed by atoms with E-state index >= 15 is 0 Å². The molecule has 0 atom stereocenters. The molecule has 1 aromatic carbocycles. The second kappa shape index (κ2) is 7.06. The summed E-state index contributed by atoms with van der Waals surface area (Å²) in [5, 5.41) is 11.5. The minimum absolute atomic E-state index is 0.265. The summed E-state index contributed by atoms with van der Waals surface area (Å²) in [4.78, 5) is 11.6. The molecule has 0 fully saturated rings. The predicted molar refractivity (Wildman–Crippen MR) is 76.5 cm³/mol. The van der Waals surface area contributed by atoms with E-state index in [2.05, 4.69) is 5.32 Å². The Morgan fingerprint density at radius 3 is 2.60 bits per heavy atom. The molecule has 1 rings (SSSR count). The van der Waals surface area contributed by atoms with E-state index in [9.17, 15) is 13.2 Å². The molecule has 0 aliphatic carbocycles. The molecular weight excluding hydrogens is 276 g/mol. The van der Waals surface area contributed by atoms with Gasteiger partial charge >= 0.3 is 0 Å². The summed E-state index contributed by atoms with van der Waals surface area (Å²) < 4.78 is 23.9. The van der Waals surface area contributed by atoms with Gasteiger partial charge in [-0.15, -0.1) is 0 Å². The Hall–Kier alpha value is -1.87. The van der Waals surface area contributed by atoms with Crippen LogP contribution in [0, 0.1) is 17.2 Å². The van der Waals surface area contributed by atoms with Crippen molar-refractivity contribution in [2.75, 3.05) is 12.3 Å². The van der Waals surface area contributed by atoms with E-state index in [1.165, 1.54) is 0 Å². The first-order valence-electron chi connectivity index (χ1n) is 6.29. The Balaban J connectivity index is 2.71. The average Bonchev–Trinajstić information content (AvgIpc) is 2.36. The Labute approximate surface area is 119 Å². The topological polar surface area (TPSA) is 87.0 Å². The van der Waals surface area contributed by atoms with E-state index in [-0.39, 0.29) is 11.7 Å². The van der Waals surface area contributed by atoms with Gasteiger partial charge in [0.05, 0.1) is 17.4 Å². The van der Waals surface area contributed by atoms with Gasteiger partial charge in [-0.2, -0.15) is 5.26 Å². The number of sulfone groups is 1. The molecule has 0 saturated heterocycles. The maximum Gasteiger partial charge on any atom is 0.235 e. The van der Waals surface area contributed by atoms with Gasteiger partial charge in [0.1, 0.15) is 5.75 Å². The molecule has 0 heterocycles. The fraction of sp³-hybridized carbons (Fsp3) is 0.429. The number of carbonyl (C=O) groups is 1. The van der Waals surface area contributed by atoms with E-state index < -0.39 is 21.5 Å². The zero-order valence-corrected chi connectivity index (χ0v) is 12.4. The Kier molecular flexibility index (Phi) is 5.71. The van der Waals surface area contributed by atoms with Crippen molar-refractivity contribution in [1.82, 2.24) is 5.32 Å². The normalized spacial score (nSPS) is 11.1. The third-order valence-electron chi connectivity index (χ3n) is 2.57. The first-order valence-corrected chi connectivity index (χ1v) is 8.11. The van der Waals surface area contributed by atoms with Gasteiger partial charge in [0.2, 0.25) is 5.91 Å². The summed E-state index contributed by atoms with van der Waals surface area (Å²) >= 11 is 0. The number of nitrogens with zero attached hydrogens (tertiary/aromatic N) is 1. The van der Waals surface area contributed by atoms with Crippen molar-refractivity contribution >= 4 is 15.7 Å². The summed E-state index contributed by atoms with van der Waals surface area (Å²) in [5.41, 5.74) is 0.741. The van der Waals surface area contributed by atoms with Crippen LogP contribution in [0.15, 0.2) is 24.3 Å². The summed E-state index contributed by atoms with van der Waals surface area (Å²) in [7, 11) is -3.58. The van der Waals surface area contributed by atoms with Crippen molar-refractivity contribution in [1.29, 1.82) is 5.26 Å². The van der Waals surface area contributed by atoms with Gasteiger partial charge < -0.3 is 5.32 Å². The fourth-order valence-corrected chi connectivity index (χ4v) is 2.94. The number of hydrogen-bond acceptors (Lipinski definition) is 4. The molecule has 0 unspecified atom stereocenters. The Morgan fingerprint density at radius 1 is 1.35 bits per heavy atom. The van der Waals surface area contributed by atoms with E-state index in [0.29, 0.717) is 17.7 Å². The quantitative estimate of drug-likeness (QED) is 0.855. The molecule has 0 aromatic heterocycles. The van der Waals surface area contributed by atoms with Crippen molar-refractivity contribution in [2.24, 2.45) is 5.92 Å². The SMILES string of the molecule is CC(C)CNC(=O)CS(=O)(=O)Cc1ccccc1C#N. The highest BCUT2D eigenvalue weighted by molar-refractivity contribution is 7.91. The lowest BCUT2D eigenvalue weighted by molar-refractivity contribution is -0.118. The van der Waals surface area contributed by atoms with Gasteiger partial charge in [-0.3, -0.25) is 4.79 Å². The number of amides is 1. The van der Waals surface area contributed by atoms with Crippen LogP contribution in [0.2, 0.25) is 0 Å². The maximum atomic E-state index is 12.0. The zero-order chi connectivity index (χ0) is 15.2. The van der Waals surface area contributed by atoms with Crippen LogP contribution < -0.4 is 5.32 Å². The fourth-order valence-electron chi connectivity index (χ4n) is 1.61. The molecule has 0 radical (unpaired) electrons. The molecular formula is C14H18N2O3S. The number of nitriles is 1. The lowest BCUT2D eigenvalue weighted by Gasteiger charge is -2.09. The molecule has 0 bridgehead atoms. The molecule has 108 valence electrons. The van der Waals surface area contributed by atoms with E-state index in [1.807, 2.05) is 19.9 Å². The molecule has 0 aliphatic rings. The highest BCUT2D eigenvalue weighted by Crippen LogP contribution is 2.12. The van der Waals surface area contributed by atoms with Crippen LogP contribution in [-0.4, -0.2) is 26.6 Å². The minimum Gasteiger partial charge on any atom is -0.355 e. The van der Waals surface area contributed by atoms with Crippen LogP contribution in [0.4, 0.5) is 0 Å². The van der Waals surface area contributed by atoms with E-state index in [4.69, 9.17) is 5.26 Å². The highest BCUT2D eigenvalue weighted by Gasteiger charge is 2.18. The van der Waals surface area contributed by atoms with Gasteiger partial charge in [0.15, 0.2) is 9.84 Å². The van der Waals surface area contributed by atoms with Crippen LogP contribution in [0.25, 0.3) is 0 Å². The summed E-state index contributed by atoms with van der Waals surface area (Å²) in [6.45, 7) is 4.30. The van der Waals surface area contributed by atoms with Crippen molar-refractivity contribution in [3.05, 3.63) is 35.4 Å². The van der Waals surface area contributed by atoms with Crippen LogP contribution in [0.1, 0.15) is 25.0 Å². The van der Waals surface area contributed by atoms with Crippen LogP contribution in [0.3, 0.4) is 0 Å². The van der Waals surface area contributed by atoms with Crippen molar-refractivity contribution in [2.45, 2.75) is 19.6 Å². The number of rotatable bonds is 6. The van der Waals surface area contributed by atoms with Crippen molar-refractivity contribution < 1.29 is 13.2 Å². The van der Waals surface area contributed by atoms with Crippen LogP contribution >= 0.6 is 0 Å². The summed E-state index contributed by atoms with van der Waals surface area (Å²) in [6.07, 6.45) is 0. The molecule has 0 aliphatic heterocycles. The van der Waals surface area contributed by atoms with Crippen LogP contribution in [0.5, 0.6) is 0 Å². The van der Waals surface area contributed by atoms with Gasteiger partial charge in [-0.25, -0.2) is 8.42 Å². The first-order chi connectivity index (χ1) is 9.34. The summed E-state index contributed by atoms with van der Waals surface area (Å²) in [6, 6.07) is 8.43. The first kappa shape index (κ1) is 16.2. The predicted octanol–water partition coefficient (Wildman–Crippen LogP) is 1.25. The van der Waals surface area contributed by atoms with Crippen LogP contribution in [-0.2, 0) is 20.4 Å². The van der Waals surface area contributed by atoms with Gasteiger partial charge in [0, 0.05) is 6.54 Å². The maximum absolute atomic E-state index is 12.0. The minimum atomic E-state index is -3.58. The molecule has 1 aromatic rings. The average molecular weight is 294 g/mol. The number of nitrogens with one attached hydrogen (secondary N) is 1. The Bertz CT molecular complexity index is 616. The van der Waals surface area contributed by atoms with E-state index in [1.54, 1.807) is 24.3 Å². The third-order valence-corrected chi connectivity index (χ3v) is 4.02. The number of hydrogen-bond donors (Lipinski definition) is 1. The number of carbonyl (C=O) groups excluding carboxylic acids is 1.